The minimum atomic E-state index is -0.323. The molecule has 3 heteroatoms. The first kappa shape index (κ1) is 10.5. The summed E-state index contributed by atoms with van der Waals surface area (Å²) in [5.41, 5.74) is 0. The van der Waals surface area contributed by atoms with Crippen LogP contribution in [0.15, 0.2) is 0 Å². The van der Waals surface area contributed by atoms with Crippen molar-refractivity contribution in [2.45, 2.75) is 39.2 Å². The Bertz CT molecular complexity index is 176. The van der Waals surface area contributed by atoms with Crippen LogP contribution in [0.3, 0.4) is 0 Å². The van der Waals surface area contributed by atoms with Crippen LogP contribution < -0.4 is 5.32 Å². The van der Waals surface area contributed by atoms with E-state index in [9.17, 15) is 9.90 Å². The Labute approximate surface area is 79.5 Å². The molecule has 0 aliphatic heterocycles. The minimum Gasteiger partial charge on any atom is -0.391 e. The van der Waals surface area contributed by atoms with Gasteiger partial charge in [0.15, 0.2) is 0 Å². The zero-order chi connectivity index (χ0) is 9.84. The van der Waals surface area contributed by atoms with Gasteiger partial charge in [0.05, 0.1) is 6.10 Å². The highest BCUT2D eigenvalue weighted by Crippen LogP contribution is 2.32. The van der Waals surface area contributed by atoms with E-state index < -0.39 is 0 Å². The Kier molecular flexibility index (Phi) is 3.72. The molecule has 0 aromatic rings. The normalized spacial score (nSPS) is 18.8. The number of aliphatic hydroxyl groups is 1. The lowest BCUT2D eigenvalue weighted by Crippen LogP contribution is -2.33. The number of carbonyl (C=O) groups excluding carboxylic acids is 1. The van der Waals surface area contributed by atoms with Gasteiger partial charge in [0.25, 0.3) is 0 Å². The summed E-state index contributed by atoms with van der Waals surface area (Å²) in [6.07, 6.45) is 2.45. The smallest absolute Gasteiger partial charge is 0.220 e. The molecule has 0 bridgehead atoms. The highest BCUT2D eigenvalue weighted by molar-refractivity contribution is 5.76. The van der Waals surface area contributed by atoms with Crippen LogP contribution in [0.2, 0.25) is 0 Å². The van der Waals surface area contributed by atoms with Crippen LogP contribution in [0.1, 0.15) is 33.1 Å². The molecule has 1 unspecified atom stereocenters. The summed E-state index contributed by atoms with van der Waals surface area (Å²) in [6.45, 7) is 4.45. The fourth-order valence-corrected chi connectivity index (χ4v) is 1.31. The fourth-order valence-electron chi connectivity index (χ4n) is 1.31. The van der Waals surface area contributed by atoms with Gasteiger partial charge in [0, 0.05) is 13.0 Å². The minimum absolute atomic E-state index is 0.0506. The molecule has 0 radical (unpaired) electrons. The van der Waals surface area contributed by atoms with Gasteiger partial charge in [-0.3, -0.25) is 4.79 Å². The molecule has 0 aromatic heterocycles. The maximum atomic E-state index is 11.2. The van der Waals surface area contributed by atoms with E-state index in [2.05, 4.69) is 5.32 Å². The van der Waals surface area contributed by atoms with E-state index in [0.29, 0.717) is 24.8 Å². The molecule has 0 spiro atoms. The molecule has 2 N–H and O–H groups in total. The second-order valence-electron chi connectivity index (χ2n) is 4.31. The number of amides is 1. The number of aliphatic hydroxyl groups excluding tert-OH is 1. The molecular formula is C10H19NO2. The summed E-state index contributed by atoms with van der Waals surface area (Å²) in [7, 11) is 0. The maximum absolute atomic E-state index is 11.2. The zero-order valence-corrected chi connectivity index (χ0v) is 8.42. The molecule has 3 nitrogen and oxygen atoms in total. The molecule has 76 valence electrons. The number of carbonyl (C=O) groups is 1. The van der Waals surface area contributed by atoms with Crippen molar-refractivity contribution in [3.63, 3.8) is 0 Å². The van der Waals surface area contributed by atoms with Crippen LogP contribution in [0.4, 0.5) is 0 Å². The summed E-state index contributed by atoms with van der Waals surface area (Å²) in [5.74, 6) is 0.882. The van der Waals surface area contributed by atoms with Crippen LogP contribution in [-0.2, 0) is 4.79 Å². The van der Waals surface area contributed by atoms with Gasteiger partial charge in [-0.25, -0.2) is 0 Å². The molecule has 0 saturated heterocycles. The van der Waals surface area contributed by atoms with E-state index in [0.717, 1.165) is 12.8 Å². The fraction of sp³-hybridized carbons (Fsp3) is 0.900. The molecule has 0 heterocycles. The zero-order valence-electron chi connectivity index (χ0n) is 8.42. The first-order valence-corrected chi connectivity index (χ1v) is 5.04. The third-order valence-corrected chi connectivity index (χ3v) is 2.27. The van der Waals surface area contributed by atoms with Gasteiger partial charge in [-0.2, -0.15) is 0 Å². The van der Waals surface area contributed by atoms with Crippen molar-refractivity contribution in [3.8, 4) is 0 Å². The first-order valence-electron chi connectivity index (χ1n) is 5.04. The lowest BCUT2D eigenvalue weighted by atomic mass is 10.1. The predicted molar refractivity (Wildman–Crippen MR) is 51.2 cm³/mol. The second-order valence-corrected chi connectivity index (χ2v) is 4.31. The van der Waals surface area contributed by atoms with Gasteiger partial charge < -0.3 is 10.4 Å². The first-order chi connectivity index (χ1) is 6.09. The molecule has 13 heavy (non-hydrogen) atoms. The number of rotatable bonds is 5. The van der Waals surface area contributed by atoms with Crippen LogP contribution >= 0.6 is 0 Å². The van der Waals surface area contributed by atoms with E-state index in [1.807, 2.05) is 13.8 Å². The van der Waals surface area contributed by atoms with Crippen LogP contribution in [0.25, 0.3) is 0 Å². The van der Waals surface area contributed by atoms with Gasteiger partial charge in [0.1, 0.15) is 0 Å². The number of hydrogen-bond donors (Lipinski definition) is 2. The van der Waals surface area contributed by atoms with E-state index in [4.69, 9.17) is 0 Å². The Morgan fingerprint density at radius 2 is 2.15 bits per heavy atom. The average Bonchev–Trinajstić information content (AvgIpc) is 2.80. The van der Waals surface area contributed by atoms with Gasteiger partial charge in [-0.1, -0.05) is 13.8 Å². The van der Waals surface area contributed by atoms with Crippen LogP contribution in [0.5, 0.6) is 0 Å². The van der Waals surface area contributed by atoms with Crippen molar-refractivity contribution in [1.82, 2.24) is 5.32 Å². The average molecular weight is 185 g/mol. The van der Waals surface area contributed by atoms with Crippen molar-refractivity contribution < 1.29 is 9.90 Å². The SMILES string of the molecule is CC(C)CC(=O)NCC(O)C1CC1. The lowest BCUT2D eigenvalue weighted by Gasteiger charge is -2.11. The van der Waals surface area contributed by atoms with E-state index in [1.165, 1.54) is 0 Å². The Morgan fingerprint density at radius 1 is 1.54 bits per heavy atom. The topological polar surface area (TPSA) is 49.3 Å². The van der Waals surface area contributed by atoms with E-state index in [1.54, 1.807) is 0 Å². The summed E-state index contributed by atoms with van der Waals surface area (Å²) >= 11 is 0. The highest BCUT2D eigenvalue weighted by atomic mass is 16.3. The van der Waals surface area contributed by atoms with Crippen LogP contribution in [-0.4, -0.2) is 23.7 Å². The third kappa shape index (κ3) is 4.27. The molecule has 0 aromatic carbocycles. The largest absolute Gasteiger partial charge is 0.391 e. The van der Waals surface area contributed by atoms with Crippen molar-refractivity contribution in [2.75, 3.05) is 6.54 Å². The second kappa shape index (κ2) is 4.61. The van der Waals surface area contributed by atoms with Gasteiger partial charge in [0.2, 0.25) is 5.91 Å². The number of nitrogens with one attached hydrogen (secondary N) is 1. The molecule has 1 amide bonds. The molecule has 1 aliphatic carbocycles. The van der Waals surface area contributed by atoms with Gasteiger partial charge in [-0.05, 0) is 24.7 Å². The maximum Gasteiger partial charge on any atom is 0.220 e. The molecular weight excluding hydrogens is 166 g/mol. The summed E-state index contributed by atoms with van der Waals surface area (Å²) in [5, 5.41) is 12.2. The Hall–Kier alpha value is -0.570. The van der Waals surface area contributed by atoms with Crippen molar-refractivity contribution in [2.24, 2.45) is 11.8 Å². The van der Waals surface area contributed by atoms with Crippen molar-refractivity contribution >= 4 is 5.91 Å². The molecule has 1 atom stereocenters. The third-order valence-electron chi connectivity index (χ3n) is 2.27. The monoisotopic (exact) mass is 185 g/mol. The van der Waals surface area contributed by atoms with E-state index >= 15 is 0 Å². The quantitative estimate of drug-likeness (QED) is 0.669. The van der Waals surface area contributed by atoms with Crippen molar-refractivity contribution in [1.29, 1.82) is 0 Å². The molecule has 1 rings (SSSR count). The Balaban J connectivity index is 2.06. The van der Waals surface area contributed by atoms with E-state index in [-0.39, 0.29) is 12.0 Å². The summed E-state index contributed by atoms with van der Waals surface area (Å²) in [6, 6.07) is 0. The van der Waals surface area contributed by atoms with Crippen molar-refractivity contribution in [3.05, 3.63) is 0 Å². The summed E-state index contributed by atoms with van der Waals surface area (Å²) in [4.78, 5) is 11.2. The Morgan fingerprint density at radius 3 is 2.62 bits per heavy atom. The highest BCUT2D eigenvalue weighted by Gasteiger charge is 2.29. The number of hydrogen-bond acceptors (Lipinski definition) is 2. The molecule has 1 saturated carbocycles. The van der Waals surface area contributed by atoms with Gasteiger partial charge >= 0.3 is 0 Å². The van der Waals surface area contributed by atoms with Gasteiger partial charge in [-0.15, -0.1) is 0 Å². The lowest BCUT2D eigenvalue weighted by molar-refractivity contribution is -0.122. The molecule has 1 fully saturated rings. The molecule has 1 aliphatic rings. The standard InChI is InChI=1S/C10H19NO2/c1-7(2)5-10(13)11-6-9(12)8-3-4-8/h7-9,12H,3-6H2,1-2H3,(H,11,13). The predicted octanol–water partition coefficient (Wildman–Crippen LogP) is 0.920. The van der Waals surface area contributed by atoms with Crippen LogP contribution in [0, 0.1) is 11.8 Å². The summed E-state index contributed by atoms with van der Waals surface area (Å²) < 4.78 is 0.